The van der Waals surface area contributed by atoms with E-state index < -0.39 is 17.1 Å². The minimum Gasteiger partial charge on any atom is -0.369 e. The van der Waals surface area contributed by atoms with Crippen LogP contribution in [-0.2, 0) is 0 Å². The third kappa shape index (κ3) is 4.50. The average molecular weight is 496 g/mol. The SMILES string of the molecule is Cc1cc(Nc2ncc3c(=O)n(-c4ccc(F)cc4Cl)c(=O)[nH]c3n2)ccc1N1CCN(C)CC1. The van der Waals surface area contributed by atoms with Crippen LogP contribution < -0.4 is 21.5 Å². The zero-order valence-corrected chi connectivity index (χ0v) is 19.9. The van der Waals surface area contributed by atoms with Gasteiger partial charge in [-0.05, 0) is 55.9 Å². The molecule has 0 atom stereocenters. The molecule has 11 heteroatoms. The van der Waals surface area contributed by atoms with Gasteiger partial charge in [0.1, 0.15) is 11.2 Å². The molecule has 0 aliphatic carbocycles. The summed E-state index contributed by atoms with van der Waals surface area (Å²) < 4.78 is 14.2. The van der Waals surface area contributed by atoms with Crippen molar-refractivity contribution in [1.82, 2.24) is 24.4 Å². The highest BCUT2D eigenvalue weighted by Gasteiger charge is 2.17. The number of likely N-dealkylation sites (N-methyl/N-ethyl adjacent to an activating group) is 1. The third-order valence-corrected chi connectivity index (χ3v) is 6.40. The standard InChI is InChI=1S/C24H23ClFN7O2/c1-14-11-16(4-6-19(14)32-9-7-31(2)8-10-32)28-23-27-13-17-21(29-23)30-24(35)33(22(17)34)20-5-3-15(26)12-18(20)25/h3-6,11-13H,7-10H2,1-2H3,(H2,27,28,29,30,35). The van der Waals surface area contributed by atoms with Crippen molar-refractivity contribution in [2.75, 3.05) is 43.4 Å². The second kappa shape index (κ2) is 9.12. The molecule has 2 aromatic heterocycles. The molecule has 4 aromatic rings. The van der Waals surface area contributed by atoms with Gasteiger partial charge in [-0.25, -0.2) is 18.7 Å². The van der Waals surface area contributed by atoms with Gasteiger partial charge in [-0.3, -0.25) is 9.78 Å². The highest BCUT2D eigenvalue weighted by molar-refractivity contribution is 6.32. The second-order valence-electron chi connectivity index (χ2n) is 8.54. The molecule has 2 N–H and O–H groups in total. The summed E-state index contributed by atoms with van der Waals surface area (Å²) in [5.74, 6) is -0.341. The van der Waals surface area contributed by atoms with E-state index >= 15 is 0 Å². The monoisotopic (exact) mass is 495 g/mol. The third-order valence-electron chi connectivity index (χ3n) is 6.10. The number of nitrogens with zero attached hydrogens (tertiary/aromatic N) is 5. The minimum absolute atomic E-state index is 0.0634. The lowest BCUT2D eigenvalue weighted by Gasteiger charge is -2.35. The largest absolute Gasteiger partial charge is 0.369 e. The highest BCUT2D eigenvalue weighted by Crippen LogP contribution is 2.26. The Kier molecular flexibility index (Phi) is 6.00. The van der Waals surface area contributed by atoms with E-state index in [4.69, 9.17) is 11.6 Å². The molecule has 0 spiro atoms. The van der Waals surface area contributed by atoms with E-state index in [9.17, 15) is 14.0 Å². The van der Waals surface area contributed by atoms with Gasteiger partial charge in [0.05, 0.1) is 10.7 Å². The van der Waals surface area contributed by atoms with Crippen molar-refractivity contribution in [3.05, 3.63) is 79.8 Å². The van der Waals surface area contributed by atoms with Crippen LogP contribution in [0.1, 0.15) is 5.56 Å². The number of aromatic nitrogens is 4. The van der Waals surface area contributed by atoms with Crippen LogP contribution in [0.2, 0.25) is 5.02 Å². The number of hydrogen-bond donors (Lipinski definition) is 2. The summed E-state index contributed by atoms with van der Waals surface area (Å²) in [6, 6.07) is 9.46. The first-order valence-corrected chi connectivity index (χ1v) is 11.5. The van der Waals surface area contributed by atoms with Crippen LogP contribution in [0.15, 0.2) is 52.2 Å². The molecule has 1 fully saturated rings. The quantitative estimate of drug-likeness (QED) is 0.449. The first kappa shape index (κ1) is 23.0. The molecule has 9 nitrogen and oxygen atoms in total. The molecule has 3 heterocycles. The summed E-state index contributed by atoms with van der Waals surface area (Å²) in [6.07, 6.45) is 1.34. The maximum Gasteiger partial charge on any atom is 0.334 e. The topological polar surface area (TPSA) is 99.1 Å². The van der Waals surface area contributed by atoms with E-state index in [2.05, 4.69) is 50.1 Å². The maximum absolute atomic E-state index is 13.4. The lowest BCUT2D eigenvalue weighted by atomic mass is 10.1. The smallest absolute Gasteiger partial charge is 0.334 e. The summed E-state index contributed by atoms with van der Waals surface area (Å²) in [5.41, 5.74) is 1.84. The molecular formula is C24H23ClFN7O2. The Morgan fingerprint density at radius 1 is 1.06 bits per heavy atom. The fourth-order valence-corrected chi connectivity index (χ4v) is 4.46. The number of aromatic amines is 1. The van der Waals surface area contributed by atoms with Crippen molar-refractivity contribution in [1.29, 1.82) is 0 Å². The van der Waals surface area contributed by atoms with Crippen molar-refractivity contribution < 1.29 is 4.39 Å². The van der Waals surface area contributed by atoms with Crippen LogP contribution in [0.25, 0.3) is 16.7 Å². The number of anilines is 3. The van der Waals surface area contributed by atoms with Gasteiger partial charge in [0.15, 0.2) is 5.65 Å². The number of fused-ring (bicyclic) bond motifs is 1. The summed E-state index contributed by atoms with van der Waals surface area (Å²) >= 11 is 6.06. The van der Waals surface area contributed by atoms with Gasteiger partial charge in [0.2, 0.25) is 5.95 Å². The maximum atomic E-state index is 13.4. The summed E-state index contributed by atoms with van der Waals surface area (Å²) in [4.78, 5) is 41.5. The van der Waals surface area contributed by atoms with Gasteiger partial charge >= 0.3 is 5.69 Å². The number of aryl methyl sites for hydroxylation is 1. The molecule has 0 bridgehead atoms. The average Bonchev–Trinajstić information content (AvgIpc) is 2.81. The molecule has 0 radical (unpaired) electrons. The van der Waals surface area contributed by atoms with Crippen LogP contribution in [0.3, 0.4) is 0 Å². The molecule has 0 saturated carbocycles. The zero-order valence-electron chi connectivity index (χ0n) is 19.2. The molecule has 2 aromatic carbocycles. The minimum atomic E-state index is -0.743. The Bertz CT molecular complexity index is 1540. The summed E-state index contributed by atoms with van der Waals surface area (Å²) in [6.45, 7) is 6.06. The Hall–Kier alpha value is -3.76. The predicted molar refractivity (Wildman–Crippen MR) is 135 cm³/mol. The van der Waals surface area contributed by atoms with Crippen LogP contribution >= 0.6 is 11.6 Å². The molecule has 0 unspecified atom stereocenters. The van der Waals surface area contributed by atoms with Crippen molar-refractivity contribution in [3.8, 4) is 5.69 Å². The molecule has 180 valence electrons. The number of hydrogen-bond acceptors (Lipinski definition) is 7. The zero-order chi connectivity index (χ0) is 24.7. The number of benzene rings is 2. The van der Waals surface area contributed by atoms with E-state index in [1.165, 1.54) is 18.0 Å². The van der Waals surface area contributed by atoms with Gasteiger partial charge in [0, 0.05) is 43.8 Å². The Labute approximate surface area is 204 Å². The molecule has 1 aliphatic rings. The normalized spacial score (nSPS) is 14.5. The number of H-pyrrole nitrogens is 1. The van der Waals surface area contributed by atoms with Crippen molar-refractivity contribution >= 4 is 40.0 Å². The molecule has 1 saturated heterocycles. The van der Waals surface area contributed by atoms with E-state index in [1.807, 2.05) is 12.1 Å². The highest BCUT2D eigenvalue weighted by atomic mass is 35.5. The van der Waals surface area contributed by atoms with Crippen LogP contribution in [-0.4, -0.2) is 57.6 Å². The van der Waals surface area contributed by atoms with Crippen molar-refractivity contribution in [2.45, 2.75) is 6.92 Å². The lowest BCUT2D eigenvalue weighted by molar-refractivity contribution is 0.312. The second-order valence-corrected chi connectivity index (χ2v) is 8.95. The van der Waals surface area contributed by atoms with Gasteiger partial charge in [-0.2, -0.15) is 4.98 Å². The molecule has 1 aliphatic heterocycles. The molecule has 0 amide bonds. The number of piperazine rings is 1. The Balaban J connectivity index is 1.44. The predicted octanol–water partition coefficient (Wildman–Crippen LogP) is 3.07. The van der Waals surface area contributed by atoms with E-state index in [0.717, 1.165) is 54.1 Å². The molecular weight excluding hydrogens is 473 g/mol. The van der Waals surface area contributed by atoms with Gasteiger partial charge in [-0.15, -0.1) is 0 Å². The van der Waals surface area contributed by atoms with Crippen molar-refractivity contribution in [3.63, 3.8) is 0 Å². The lowest BCUT2D eigenvalue weighted by Crippen LogP contribution is -2.44. The van der Waals surface area contributed by atoms with Gasteiger partial charge in [-0.1, -0.05) is 11.6 Å². The first-order chi connectivity index (χ1) is 16.8. The van der Waals surface area contributed by atoms with Crippen LogP contribution in [0.5, 0.6) is 0 Å². The van der Waals surface area contributed by atoms with Crippen LogP contribution in [0.4, 0.5) is 21.7 Å². The number of halogens is 2. The van der Waals surface area contributed by atoms with E-state index in [1.54, 1.807) is 0 Å². The van der Waals surface area contributed by atoms with Crippen LogP contribution in [0, 0.1) is 12.7 Å². The van der Waals surface area contributed by atoms with Gasteiger partial charge in [0.25, 0.3) is 5.56 Å². The van der Waals surface area contributed by atoms with E-state index in [-0.39, 0.29) is 27.7 Å². The van der Waals surface area contributed by atoms with E-state index in [0.29, 0.717) is 0 Å². The Morgan fingerprint density at radius 3 is 2.51 bits per heavy atom. The summed E-state index contributed by atoms with van der Waals surface area (Å²) in [5, 5.41) is 3.16. The first-order valence-electron chi connectivity index (χ1n) is 11.1. The number of nitrogens with one attached hydrogen (secondary N) is 2. The number of rotatable bonds is 4. The van der Waals surface area contributed by atoms with Crippen molar-refractivity contribution in [2.24, 2.45) is 0 Å². The summed E-state index contributed by atoms with van der Waals surface area (Å²) in [7, 11) is 2.13. The molecule has 5 rings (SSSR count). The fourth-order valence-electron chi connectivity index (χ4n) is 4.21. The molecule has 35 heavy (non-hydrogen) atoms. The Morgan fingerprint density at radius 2 is 1.80 bits per heavy atom. The van der Waals surface area contributed by atoms with Gasteiger partial charge < -0.3 is 15.1 Å². The fraction of sp³-hybridized carbons (Fsp3) is 0.250.